The van der Waals surface area contributed by atoms with Crippen LogP contribution >= 0.6 is 15.9 Å². The molecule has 1 fully saturated rings. The van der Waals surface area contributed by atoms with Crippen LogP contribution in [-0.4, -0.2) is 12.6 Å². The van der Waals surface area contributed by atoms with Gasteiger partial charge >= 0.3 is 0 Å². The summed E-state index contributed by atoms with van der Waals surface area (Å²) in [7, 11) is 0. The van der Waals surface area contributed by atoms with Gasteiger partial charge in [-0.2, -0.15) is 0 Å². The van der Waals surface area contributed by atoms with Gasteiger partial charge in [-0.25, -0.2) is 4.39 Å². The fourth-order valence-corrected chi connectivity index (χ4v) is 3.55. The van der Waals surface area contributed by atoms with Crippen molar-refractivity contribution in [3.8, 4) is 0 Å². The van der Waals surface area contributed by atoms with Crippen LogP contribution in [0.25, 0.3) is 0 Å². The molecule has 0 spiro atoms. The van der Waals surface area contributed by atoms with Gasteiger partial charge in [-0.3, -0.25) is 0 Å². The number of hydrogen-bond donors (Lipinski definition) is 1. The Labute approximate surface area is 124 Å². The fraction of sp³-hybridized carbons (Fsp3) is 0.625. The Morgan fingerprint density at radius 3 is 2.84 bits per heavy atom. The van der Waals surface area contributed by atoms with Gasteiger partial charge in [0.15, 0.2) is 0 Å². The van der Waals surface area contributed by atoms with E-state index in [9.17, 15) is 4.39 Å². The van der Waals surface area contributed by atoms with E-state index < -0.39 is 0 Å². The van der Waals surface area contributed by atoms with E-state index in [1.54, 1.807) is 6.07 Å². The quantitative estimate of drug-likeness (QED) is 0.791. The monoisotopic (exact) mass is 327 g/mol. The lowest BCUT2D eigenvalue weighted by atomic mass is 9.88. The van der Waals surface area contributed by atoms with Crippen molar-refractivity contribution in [3.63, 3.8) is 0 Å². The molecule has 0 aliphatic heterocycles. The lowest BCUT2D eigenvalue weighted by Crippen LogP contribution is -2.36. The fourth-order valence-electron chi connectivity index (χ4n) is 3.14. The summed E-state index contributed by atoms with van der Waals surface area (Å²) in [6, 6.07) is 5.60. The van der Waals surface area contributed by atoms with Gasteiger partial charge in [0.05, 0.1) is 0 Å². The maximum atomic E-state index is 13.4. The molecular weight excluding hydrogens is 305 g/mol. The zero-order chi connectivity index (χ0) is 13.7. The van der Waals surface area contributed by atoms with Crippen LogP contribution in [0.2, 0.25) is 0 Å². The molecule has 0 amide bonds. The van der Waals surface area contributed by atoms with Crippen molar-refractivity contribution >= 4 is 15.9 Å². The van der Waals surface area contributed by atoms with E-state index in [1.807, 2.05) is 6.07 Å². The first kappa shape index (κ1) is 15.0. The van der Waals surface area contributed by atoms with E-state index in [0.717, 1.165) is 23.0 Å². The molecule has 0 saturated heterocycles. The average molecular weight is 328 g/mol. The summed E-state index contributed by atoms with van der Waals surface area (Å²) >= 11 is 3.55. The number of rotatable bonds is 4. The maximum absolute atomic E-state index is 13.4. The van der Waals surface area contributed by atoms with Crippen LogP contribution in [0, 0.1) is 11.7 Å². The molecule has 0 bridgehead atoms. The second-order valence-corrected chi connectivity index (χ2v) is 6.36. The molecule has 19 heavy (non-hydrogen) atoms. The van der Waals surface area contributed by atoms with E-state index in [4.69, 9.17) is 0 Å². The molecule has 1 aliphatic rings. The first-order valence-corrected chi connectivity index (χ1v) is 8.17. The molecule has 0 aromatic heterocycles. The van der Waals surface area contributed by atoms with Gasteiger partial charge < -0.3 is 5.32 Å². The molecule has 2 unspecified atom stereocenters. The zero-order valence-corrected chi connectivity index (χ0v) is 13.2. The van der Waals surface area contributed by atoms with Gasteiger partial charge in [0.1, 0.15) is 5.82 Å². The molecule has 1 aromatic rings. The molecule has 106 valence electrons. The molecule has 1 saturated carbocycles. The lowest BCUT2D eigenvalue weighted by molar-refractivity contribution is 0.337. The summed E-state index contributed by atoms with van der Waals surface area (Å²) in [5, 5.41) is 3.62. The molecule has 1 aromatic carbocycles. The van der Waals surface area contributed by atoms with Crippen LogP contribution in [0.3, 0.4) is 0 Å². The standard InChI is InChI=1S/C16H23BrFN/c1-2-19-16-7-5-3-4-6-12(16)10-13-11-14(18)8-9-15(13)17/h8-9,11-12,16,19H,2-7,10H2,1H3. The number of halogens is 2. The third-order valence-electron chi connectivity index (χ3n) is 4.12. The summed E-state index contributed by atoms with van der Waals surface area (Å²) in [6.07, 6.45) is 7.43. The topological polar surface area (TPSA) is 12.0 Å². The Morgan fingerprint density at radius 1 is 1.26 bits per heavy atom. The highest BCUT2D eigenvalue weighted by Crippen LogP contribution is 2.29. The van der Waals surface area contributed by atoms with Crippen molar-refractivity contribution in [2.45, 2.75) is 51.5 Å². The minimum absolute atomic E-state index is 0.133. The van der Waals surface area contributed by atoms with Crippen molar-refractivity contribution in [3.05, 3.63) is 34.1 Å². The summed E-state index contributed by atoms with van der Waals surface area (Å²) < 4.78 is 14.4. The summed E-state index contributed by atoms with van der Waals surface area (Å²) in [5.41, 5.74) is 1.11. The number of hydrogen-bond acceptors (Lipinski definition) is 1. The maximum Gasteiger partial charge on any atom is 0.123 e. The van der Waals surface area contributed by atoms with Gasteiger partial charge in [0.2, 0.25) is 0 Å². The van der Waals surface area contributed by atoms with Gasteiger partial charge in [-0.05, 0) is 55.5 Å². The van der Waals surface area contributed by atoms with Crippen molar-refractivity contribution < 1.29 is 4.39 Å². The predicted molar refractivity (Wildman–Crippen MR) is 81.8 cm³/mol. The first-order chi connectivity index (χ1) is 9.20. The van der Waals surface area contributed by atoms with Crippen LogP contribution in [0.15, 0.2) is 22.7 Å². The highest BCUT2D eigenvalue weighted by atomic mass is 79.9. The number of benzene rings is 1. The van der Waals surface area contributed by atoms with Gasteiger partial charge in [-0.15, -0.1) is 0 Å². The third-order valence-corrected chi connectivity index (χ3v) is 4.89. The minimum atomic E-state index is -0.133. The molecule has 3 heteroatoms. The zero-order valence-electron chi connectivity index (χ0n) is 11.6. The van der Waals surface area contributed by atoms with Crippen molar-refractivity contribution in [1.82, 2.24) is 5.32 Å². The predicted octanol–water partition coefficient (Wildman–Crippen LogP) is 4.69. The SMILES string of the molecule is CCNC1CCCCCC1Cc1cc(F)ccc1Br. The highest BCUT2D eigenvalue weighted by Gasteiger charge is 2.23. The molecule has 2 atom stereocenters. The molecule has 0 heterocycles. The largest absolute Gasteiger partial charge is 0.314 e. The van der Waals surface area contributed by atoms with E-state index in [2.05, 4.69) is 28.2 Å². The minimum Gasteiger partial charge on any atom is -0.314 e. The summed E-state index contributed by atoms with van der Waals surface area (Å²) in [6.45, 7) is 3.19. The van der Waals surface area contributed by atoms with Crippen LogP contribution in [0.5, 0.6) is 0 Å². The van der Waals surface area contributed by atoms with Crippen molar-refractivity contribution in [2.24, 2.45) is 5.92 Å². The molecule has 1 nitrogen and oxygen atoms in total. The van der Waals surface area contributed by atoms with Crippen LogP contribution in [-0.2, 0) is 6.42 Å². The second-order valence-electron chi connectivity index (χ2n) is 5.50. The lowest BCUT2D eigenvalue weighted by Gasteiger charge is -2.26. The van der Waals surface area contributed by atoms with E-state index >= 15 is 0 Å². The molecule has 1 aliphatic carbocycles. The van der Waals surface area contributed by atoms with Crippen LogP contribution in [0.4, 0.5) is 4.39 Å². The Balaban J connectivity index is 2.11. The van der Waals surface area contributed by atoms with Gasteiger partial charge in [0, 0.05) is 10.5 Å². The Morgan fingerprint density at radius 2 is 2.05 bits per heavy atom. The summed E-state index contributed by atoms with van der Waals surface area (Å²) in [5.74, 6) is 0.493. The van der Waals surface area contributed by atoms with Gasteiger partial charge in [-0.1, -0.05) is 42.1 Å². The van der Waals surface area contributed by atoms with E-state index in [0.29, 0.717) is 12.0 Å². The van der Waals surface area contributed by atoms with Crippen molar-refractivity contribution in [1.29, 1.82) is 0 Å². The Bertz CT molecular complexity index is 408. The van der Waals surface area contributed by atoms with E-state index in [-0.39, 0.29) is 5.82 Å². The van der Waals surface area contributed by atoms with Crippen LogP contribution in [0.1, 0.15) is 44.6 Å². The normalized spacial score (nSPS) is 24.2. The van der Waals surface area contributed by atoms with Gasteiger partial charge in [0.25, 0.3) is 0 Å². The second kappa shape index (κ2) is 7.39. The van der Waals surface area contributed by atoms with Crippen molar-refractivity contribution in [2.75, 3.05) is 6.54 Å². The molecule has 1 N–H and O–H groups in total. The average Bonchev–Trinajstić information content (AvgIpc) is 2.60. The molecule has 0 radical (unpaired) electrons. The molecule has 2 rings (SSSR count). The molecular formula is C16H23BrFN. The first-order valence-electron chi connectivity index (χ1n) is 7.38. The van der Waals surface area contributed by atoms with E-state index in [1.165, 1.54) is 38.2 Å². The summed E-state index contributed by atoms with van der Waals surface area (Å²) in [4.78, 5) is 0. The number of nitrogens with one attached hydrogen (secondary N) is 1. The Kier molecular flexibility index (Phi) is 5.83. The van der Waals surface area contributed by atoms with Crippen LogP contribution < -0.4 is 5.32 Å². The smallest absolute Gasteiger partial charge is 0.123 e. The Hall–Kier alpha value is -0.410. The third kappa shape index (κ3) is 4.28. The highest BCUT2D eigenvalue weighted by molar-refractivity contribution is 9.10.